The van der Waals surface area contributed by atoms with Gasteiger partial charge in [0.15, 0.2) is 11.5 Å². The number of imidazole rings is 1. The normalized spacial score (nSPS) is 17.5. The number of rotatable bonds is 3. The first kappa shape index (κ1) is 14.7. The third kappa shape index (κ3) is 2.84. The van der Waals surface area contributed by atoms with Gasteiger partial charge in [-0.25, -0.2) is 14.8 Å². The molecule has 0 aliphatic carbocycles. The molecular formula is C17H19N5O2. The van der Waals surface area contributed by atoms with E-state index in [0.29, 0.717) is 11.5 Å². The molecule has 3 heterocycles. The van der Waals surface area contributed by atoms with E-state index in [4.69, 9.17) is 4.42 Å². The maximum atomic E-state index is 12.6. The van der Waals surface area contributed by atoms with Gasteiger partial charge < -0.3 is 19.2 Å². The molecule has 0 radical (unpaired) electrons. The highest BCUT2D eigenvalue weighted by atomic mass is 16.3. The number of aryl methyl sites for hydroxylation is 1. The summed E-state index contributed by atoms with van der Waals surface area (Å²) in [4.78, 5) is 22.9. The average molecular weight is 325 g/mol. The summed E-state index contributed by atoms with van der Waals surface area (Å²) in [5.74, 6) is 0.619. The lowest BCUT2D eigenvalue weighted by molar-refractivity contribution is 0.201. The van der Waals surface area contributed by atoms with Gasteiger partial charge in [0, 0.05) is 44.2 Å². The van der Waals surface area contributed by atoms with Crippen LogP contribution in [0, 0.1) is 6.92 Å². The number of hydrogen-bond acceptors (Lipinski definition) is 4. The quantitative estimate of drug-likeness (QED) is 0.803. The highest BCUT2D eigenvalue weighted by Crippen LogP contribution is 2.23. The number of anilines is 1. The standard InChI is InChI=1S/C17H19N5O2/c1-12-19-15-5-4-13(9-16(15)24-12)20-17(23)22-7-2-3-14(22)10-21-8-6-18-11-21/h4-6,8-9,11,14H,2-3,7,10H2,1H3,(H,20,23)/t14-/m0/s1. The third-order valence-corrected chi connectivity index (χ3v) is 4.37. The molecular weight excluding hydrogens is 306 g/mol. The minimum atomic E-state index is -0.0757. The molecule has 0 unspecified atom stereocenters. The second-order valence-electron chi connectivity index (χ2n) is 6.09. The summed E-state index contributed by atoms with van der Waals surface area (Å²) >= 11 is 0. The van der Waals surface area contributed by atoms with Gasteiger partial charge in [0.25, 0.3) is 0 Å². The largest absolute Gasteiger partial charge is 0.441 e. The van der Waals surface area contributed by atoms with E-state index in [-0.39, 0.29) is 12.1 Å². The van der Waals surface area contributed by atoms with Gasteiger partial charge in [0.05, 0.1) is 12.4 Å². The molecule has 7 nitrogen and oxygen atoms in total. The Bertz CT molecular complexity index is 855. The van der Waals surface area contributed by atoms with E-state index in [1.165, 1.54) is 0 Å². The van der Waals surface area contributed by atoms with Gasteiger partial charge in [-0.2, -0.15) is 0 Å². The minimum absolute atomic E-state index is 0.0757. The Morgan fingerprint density at radius 1 is 1.46 bits per heavy atom. The molecule has 1 aromatic carbocycles. The zero-order valence-corrected chi connectivity index (χ0v) is 13.5. The Balaban J connectivity index is 1.47. The molecule has 0 spiro atoms. The van der Waals surface area contributed by atoms with Gasteiger partial charge in [-0.3, -0.25) is 0 Å². The van der Waals surface area contributed by atoms with Crippen LogP contribution in [0.4, 0.5) is 10.5 Å². The molecule has 4 rings (SSSR count). The number of benzene rings is 1. The van der Waals surface area contributed by atoms with Crippen molar-refractivity contribution in [3.63, 3.8) is 0 Å². The molecule has 1 fully saturated rings. The summed E-state index contributed by atoms with van der Waals surface area (Å²) in [5.41, 5.74) is 2.20. The van der Waals surface area contributed by atoms with Crippen LogP contribution in [0.3, 0.4) is 0 Å². The molecule has 1 N–H and O–H groups in total. The summed E-state index contributed by atoms with van der Waals surface area (Å²) in [5, 5.41) is 2.97. The predicted molar refractivity (Wildman–Crippen MR) is 89.7 cm³/mol. The molecule has 1 aliphatic heterocycles. The van der Waals surface area contributed by atoms with Crippen LogP contribution in [-0.2, 0) is 6.54 Å². The van der Waals surface area contributed by atoms with Crippen LogP contribution in [-0.4, -0.2) is 38.1 Å². The molecule has 0 bridgehead atoms. The monoisotopic (exact) mass is 325 g/mol. The summed E-state index contributed by atoms with van der Waals surface area (Å²) in [6.45, 7) is 3.35. The summed E-state index contributed by atoms with van der Waals surface area (Å²) in [6.07, 6.45) is 7.50. The second kappa shape index (κ2) is 5.99. The number of oxazole rings is 1. The van der Waals surface area contributed by atoms with E-state index in [9.17, 15) is 4.79 Å². The van der Waals surface area contributed by atoms with E-state index >= 15 is 0 Å². The highest BCUT2D eigenvalue weighted by molar-refractivity contribution is 5.91. The first-order chi connectivity index (χ1) is 11.7. The number of likely N-dealkylation sites (tertiary alicyclic amines) is 1. The first-order valence-electron chi connectivity index (χ1n) is 8.09. The van der Waals surface area contributed by atoms with Gasteiger partial charge in [-0.05, 0) is 25.0 Å². The molecule has 2 amide bonds. The van der Waals surface area contributed by atoms with Crippen molar-refractivity contribution >= 4 is 22.8 Å². The lowest BCUT2D eigenvalue weighted by atomic mass is 10.2. The van der Waals surface area contributed by atoms with Gasteiger partial charge in [-0.15, -0.1) is 0 Å². The van der Waals surface area contributed by atoms with Crippen molar-refractivity contribution < 1.29 is 9.21 Å². The number of carbonyl (C=O) groups excluding carboxylic acids is 1. The fraction of sp³-hybridized carbons (Fsp3) is 0.353. The lowest BCUT2D eigenvalue weighted by Crippen LogP contribution is -2.40. The van der Waals surface area contributed by atoms with E-state index in [2.05, 4.69) is 15.3 Å². The molecule has 1 saturated heterocycles. The van der Waals surface area contributed by atoms with Crippen LogP contribution in [0.2, 0.25) is 0 Å². The fourth-order valence-electron chi connectivity index (χ4n) is 3.24. The Morgan fingerprint density at radius 2 is 2.38 bits per heavy atom. The summed E-state index contributed by atoms with van der Waals surface area (Å²) in [7, 11) is 0. The fourth-order valence-corrected chi connectivity index (χ4v) is 3.24. The van der Waals surface area contributed by atoms with Crippen molar-refractivity contribution in [2.24, 2.45) is 0 Å². The molecule has 1 aliphatic rings. The molecule has 3 aromatic rings. The minimum Gasteiger partial charge on any atom is -0.441 e. The van der Waals surface area contributed by atoms with Gasteiger partial charge in [0.2, 0.25) is 0 Å². The Kier molecular flexibility index (Phi) is 3.68. The number of amides is 2. The zero-order chi connectivity index (χ0) is 16.5. The van der Waals surface area contributed by atoms with E-state index in [0.717, 1.165) is 37.1 Å². The van der Waals surface area contributed by atoms with Crippen LogP contribution < -0.4 is 5.32 Å². The Hall–Kier alpha value is -2.83. The van der Waals surface area contributed by atoms with Crippen molar-refractivity contribution in [3.05, 3.63) is 42.8 Å². The van der Waals surface area contributed by atoms with Gasteiger partial charge >= 0.3 is 6.03 Å². The highest BCUT2D eigenvalue weighted by Gasteiger charge is 2.29. The maximum Gasteiger partial charge on any atom is 0.322 e. The van der Waals surface area contributed by atoms with Crippen molar-refractivity contribution in [3.8, 4) is 0 Å². The number of nitrogens with one attached hydrogen (secondary N) is 1. The van der Waals surface area contributed by atoms with E-state index in [1.54, 1.807) is 12.5 Å². The Labute approximate surface area is 139 Å². The van der Waals surface area contributed by atoms with E-state index < -0.39 is 0 Å². The molecule has 1 atom stereocenters. The van der Waals surface area contributed by atoms with Crippen molar-refractivity contribution in [2.45, 2.75) is 32.4 Å². The molecule has 7 heteroatoms. The topological polar surface area (TPSA) is 76.2 Å². The van der Waals surface area contributed by atoms with Crippen molar-refractivity contribution in [1.82, 2.24) is 19.4 Å². The van der Waals surface area contributed by atoms with Crippen LogP contribution in [0.1, 0.15) is 18.7 Å². The Morgan fingerprint density at radius 3 is 3.21 bits per heavy atom. The maximum absolute atomic E-state index is 12.6. The zero-order valence-electron chi connectivity index (χ0n) is 13.5. The van der Waals surface area contributed by atoms with E-state index in [1.807, 2.05) is 40.8 Å². The smallest absolute Gasteiger partial charge is 0.322 e. The predicted octanol–water partition coefficient (Wildman–Crippen LogP) is 3.03. The van der Waals surface area contributed by atoms with Crippen LogP contribution in [0.25, 0.3) is 11.1 Å². The van der Waals surface area contributed by atoms with Crippen molar-refractivity contribution in [1.29, 1.82) is 0 Å². The van der Waals surface area contributed by atoms with Crippen molar-refractivity contribution in [2.75, 3.05) is 11.9 Å². The summed E-state index contributed by atoms with van der Waals surface area (Å²) in [6, 6.07) is 5.63. The van der Waals surface area contributed by atoms with Gasteiger partial charge in [0.1, 0.15) is 5.52 Å². The number of nitrogens with zero attached hydrogens (tertiary/aromatic N) is 4. The number of urea groups is 1. The van der Waals surface area contributed by atoms with Crippen LogP contribution in [0.5, 0.6) is 0 Å². The number of fused-ring (bicyclic) bond motifs is 1. The van der Waals surface area contributed by atoms with Crippen LogP contribution in [0.15, 0.2) is 41.3 Å². The third-order valence-electron chi connectivity index (χ3n) is 4.37. The van der Waals surface area contributed by atoms with Crippen LogP contribution >= 0.6 is 0 Å². The molecule has 2 aromatic heterocycles. The SMILES string of the molecule is Cc1nc2ccc(NC(=O)N3CCC[C@H]3Cn3ccnc3)cc2o1. The second-order valence-corrected chi connectivity index (χ2v) is 6.09. The van der Waals surface area contributed by atoms with Gasteiger partial charge in [-0.1, -0.05) is 0 Å². The molecule has 0 saturated carbocycles. The molecule has 124 valence electrons. The number of carbonyl (C=O) groups is 1. The number of hydrogen-bond donors (Lipinski definition) is 1. The lowest BCUT2D eigenvalue weighted by Gasteiger charge is -2.25. The average Bonchev–Trinajstić information content (AvgIpc) is 3.27. The molecule has 24 heavy (non-hydrogen) atoms. The number of aromatic nitrogens is 3. The summed E-state index contributed by atoms with van der Waals surface area (Å²) < 4.78 is 7.53. The first-order valence-corrected chi connectivity index (χ1v) is 8.09.